The minimum atomic E-state index is 0.532. The Hall–Kier alpha value is -0.980. The monoisotopic (exact) mass is 145 g/mol. The van der Waals surface area contributed by atoms with E-state index in [4.69, 9.17) is 0 Å². The van der Waals surface area contributed by atoms with Crippen molar-refractivity contribution in [2.75, 3.05) is 5.32 Å². The van der Waals surface area contributed by atoms with Crippen LogP contribution < -0.4 is 5.32 Å². The molecule has 0 amide bonds. The number of anilines is 1. The summed E-state index contributed by atoms with van der Waals surface area (Å²) < 4.78 is 0. The van der Waals surface area contributed by atoms with E-state index >= 15 is 0 Å². The van der Waals surface area contributed by atoms with Crippen molar-refractivity contribution in [2.45, 2.75) is 13.3 Å². The lowest BCUT2D eigenvalue weighted by molar-refractivity contribution is 0.658. The second kappa shape index (κ2) is 2.57. The van der Waals surface area contributed by atoms with Crippen molar-refractivity contribution >= 4 is 5.69 Å². The van der Waals surface area contributed by atoms with Gasteiger partial charge in [0.2, 0.25) is 0 Å². The Balaban J connectivity index is 2.34. The Kier molecular flexibility index (Phi) is 1.57. The van der Waals surface area contributed by atoms with Crippen LogP contribution in [0.25, 0.3) is 0 Å². The molecule has 1 heterocycles. The molecular weight excluding hydrogens is 134 g/mol. The van der Waals surface area contributed by atoms with Gasteiger partial charge in [0.15, 0.2) is 0 Å². The number of para-hydroxylation sites is 1. The first kappa shape index (κ1) is 6.71. The normalized spacial score (nSPS) is 22.1. The van der Waals surface area contributed by atoms with Crippen molar-refractivity contribution in [1.82, 2.24) is 0 Å². The van der Waals surface area contributed by atoms with E-state index in [9.17, 15) is 0 Å². The summed E-state index contributed by atoms with van der Waals surface area (Å²) in [5.41, 5.74) is 2.62. The summed E-state index contributed by atoms with van der Waals surface area (Å²) in [6.07, 6.45) is 1.11. The minimum absolute atomic E-state index is 0.532. The molecule has 1 aliphatic heterocycles. The number of benzene rings is 1. The van der Waals surface area contributed by atoms with Crippen LogP contribution in [0.15, 0.2) is 24.3 Å². The molecule has 1 aromatic rings. The van der Waals surface area contributed by atoms with Crippen molar-refractivity contribution in [2.24, 2.45) is 5.92 Å². The lowest BCUT2D eigenvalue weighted by atomic mass is 9.96. The van der Waals surface area contributed by atoms with Gasteiger partial charge in [-0.3, -0.25) is 0 Å². The highest BCUT2D eigenvalue weighted by Crippen LogP contribution is 2.25. The van der Waals surface area contributed by atoms with Gasteiger partial charge in [-0.15, -0.1) is 0 Å². The van der Waals surface area contributed by atoms with Crippen molar-refractivity contribution < 1.29 is 0 Å². The van der Waals surface area contributed by atoms with E-state index in [-0.39, 0.29) is 0 Å². The van der Waals surface area contributed by atoms with Crippen LogP contribution in [0.2, 0.25) is 0 Å². The molecule has 1 heteroatoms. The molecule has 1 N–H and O–H groups in total. The Labute approximate surface area is 67.4 Å². The highest BCUT2D eigenvalue weighted by atomic mass is 14.9. The number of fused-ring (bicyclic) bond motifs is 1. The smallest absolute Gasteiger partial charge is 0.0915 e. The second-order valence-corrected chi connectivity index (χ2v) is 3.03. The molecule has 2 radical (unpaired) electrons. The summed E-state index contributed by atoms with van der Waals surface area (Å²) >= 11 is 0. The van der Waals surface area contributed by atoms with Crippen LogP contribution in [-0.4, -0.2) is 0 Å². The van der Waals surface area contributed by atoms with Gasteiger partial charge < -0.3 is 5.32 Å². The predicted octanol–water partition coefficient (Wildman–Crippen LogP) is 2.33. The molecule has 0 spiro atoms. The fraction of sp³-hybridized carbons (Fsp3) is 0.300. The number of nitrogens with one attached hydrogen (secondary N) is 1. The van der Waals surface area contributed by atoms with Crippen molar-refractivity contribution in [3.05, 3.63) is 36.4 Å². The quantitative estimate of drug-likeness (QED) is 0.590. The van der Waals surface area contributed by atoms with Gasteiger partial charge in [0.1, 0.15) is 0 Å². The lowest BCUT2D eigenvalue weighted by Crippen LogP contribution is -2.14. The maximum Gasteiger partial charge on any atom is 0.0915 e. The van der Waals surface area contributed by atoms with Crippen molar-refractivity contribution in [1.29, 1.82) is 0 Å². The maximum atomic E-state index is 3.19. The van der Waals surface area contributed by atoms with Crippen LogP contribution in [0.4, 0.5) is 5.69 Å². The summed E-state index contributed by atoms with van der Waals surface area (Å²) in [4.78, 5) is 0. The van der Waals surface area contributed by atoms with Gasteiger partial charge in [-0.2, -0.15) is 0 Å². The van der Waals surface area contributed by atoms with E-state index in [2.05, 4.69) is 37.0 Å². The van der Waals surface area contributed by atoms with Crippen LogP contribution in [-0.2, 0) is 6.42 Å². The molecule has 1 nitrogen and oxygen atoms in total. The second-order valence-electron chi connectivity index (χ2n) is 3.03. The van der Waals surface area contributed by atoms with E-state index in [1.165, 1.54) is 11.3 Å². The van der Waals surface area contributed by atoms with E-state index < -0.39 is 0 Å². The largest absolute Gasteiger partial charge is 0.374 e. The van der Waals surface area contributed by atoms with Crippen molar-refractivity contribution in [3.63, 3.8) is 0 Å². The summed E-state index contributed by atoms with van der Waals surface area (Å²) in [7, 11) is 0. The first-order valence-electron chi connectivity index (χ1n) is 3.96. The zero-order valence-corrected chi connectivity index (χ0v) is 6.59. The first-order chi connectivity index (χ1) is 5.36. The molecule has 0 bridgehead atoms. The Morgan fingerprint density at radius 1 is 1.45 bits per heavy atom. The summed E-state index contributed by atoms with van der Waals surface area (Å²) in [6.45, 7) is 5.36. The number of hydrogen-bond acceptors (Lipinski definition) is 1. The van der Waals surface area contributed by atoms with E-state index in [1.54, 1.807) is 0 Å². The molecule has 0 saturated carbocycles. The highest BCUT2D eigenvalue weighted by Gasteiger charge is 2.13. The Morgan fingerprint density at radius 3 is 3.18 bits per heavy atom. The molecule has 0 aromatic heterocycles. The highest BCUT2D eigenvalue weighted by molar-refractivity contribution is 5.54. The molecule has 0 aliphatic carbocycles. The predicted molar refractivity (Wildman–Crippen MR) is 46.2 cm³/mol. The zero-order chi connectivity index (χ0) is 7.68. The van der Waals surface area contributed by atoms with Gasteiger partial charge in [0, 0.05) is 5.69 Å². The molecule has 2 rings (SSSR count). The summed E-state index contributed by atoms with van der Waals surface area (Å²) in [6, 6.07) is 8.38. The number of hydrogen-bond donors (Lipinski definition) is 1. The topological polar surface area (TPSA) is 12.0 Å². The fourth-order valence-electron chi connectivity index (χ4n) is 1.40. The number of rotatable bonds is 0. The molecule has 1 aromatic carbocycles. The van der Waals surface area contributed by atoms with Gasteiger partial charge in [-0.25, -0.2) is 0 Å². The van der Waals surface area contributed by atoms with E-state index in [0.717, 1.165) is 6.42 Å². The first-order valence-corrected chi connectivity index (χ1v) is 3.96. The lowest BCUT2D eigenvalue weighted by Gasteiger charge is -2.21. The van der Waals surface area contributed by atoms with Crippen LogP contribution in [0.1, 0.15) is 12.5 Å². The van der Waals surface area contributed by atoms with Crippen LogP contribution in [0, 0.1) is 12.5 Å². The van der Waals surface area contributed by atoms with Crippen molar-refractivity contribution in [3.8, 4) is 0 Å². The molecular formula is C10H11N. The van der Waals surface area contributed by atoms with Gasteiger partial charge >= 0.3 is 0 Å². The van der Waals surface area contributed by atoms with E-state index in [0.29, 0.717) is 5.92 Å². The van der Waals surface area contributed by atoms with Gasteiger partial charge in [-0.1, -0.05) is 25.1 Å². The Bertz CT molecular complexity index is 255. The zero-order valence-electron chi connectivity index (χ0n) is 6.59. The molecule has 11 heavy (non-hydrogen) atoms. The third kappa shape index (κ3) is 1.23. The summed E-state index contributed by atoms with van der Waals surface area (Å²) in [5, 5.41) is 3.16. The van der Waals surface area contributed by atoms with Crippen LogP contribution >= 0.6 is 0 Å². The standard InChI is InChI=1S/C10H11N/c1-8-6-9-4-2-3-5-10(9)11-7-8/h2-5,8,11H,6H2,1H3. The average Bonchev–Trinajstić information content (AvgIpc) is 2.04. The SMILES string of the molecule is CC1[C]Nc2ccccc2C1. The fourth-order valence-corrected chi connectivity index (χ4v) is 1.40. The van der Waals surface area contributed by atoms with Gasteiger partial charge in [-0.05, 0) is 24.0 Å². The average molecular weight is 145 g/mol. The van der Waals surface area contributed by atoms with Gasteiger partial charge in [0.25, 0.3) is 0 Å². The minimum Gasteiger partial charge on any atom is -0.374 e. The van der Waals surface area contributed by atoms with Crippen LogP contribution in [0.3, 0.4) is 0 Å². The molecule has 0 fully saturated rings. The molecule has 1 atom stereocenters. The molecule has 1 unspecified atom stereocenters. The molecule has 0 saturated heterocycles. The van der Waals surface area contributed by atoms with Crippen LogP contribution in [0.5, 0.6) is 0 Å². The molecule has 1 aliphatic rings. The summed E-state index contributed by atoms with van der Waals surface area (Å²) in [5.74, 6) is 0.532. The maximum absolute atomic E-state index is 3.19. The molecule has 56 valence electrons. The van der Waals surface area contributed by atoms with Gasteiger partial charge in [0.05, 0.1) is 6.54 Å². The van der Waals surface area contributed by atoms with E-state index in [1.807, 2.05) is 6.07 Å². The third-order valence-corrected chi connectivity index (χ3v) is 2.00. The third-order valence-electron chi connectivity index (χ3n) is 2.00. The Morgan fingerprint density at radius 2 is 2.27 bits per heavy atom.